The second-order valence-electron chi connectivity index (χ2n) is 4.38. The summed E-state index contributed by atoms with van der Waals surface area (Å²) in [6, 6.07) is 6.16. The summed E-state index contributed by atoms with van der Waals surface area (Å²) in [7, 11) is 0. The van der Waals surface area contributed by atoms with Crippen LogP contribution in [0.4, 0.5) is 4.39 Å². The van der Waals surface area contributed by atoms with E-state index in [4.69, 9.17) is 10.2 Å². The Morgan fingerprint density at radius 2 is 2.16 bits per heavy atom. The largest absolute Gasteiger partial charge is 0.459 e. The molecule has 98 valence electrons. The maximum atomic E-state index is 13.3. The van der Waals surface area contributed by atoms with Crippen LogP contribution < -0.4 is 5.73 Å². The molecule has 0 spiro atoms. The lowest BCUT2D eigenvalue weighted by Gasteiger charge is -2.07. The van der Waals surface area contributed by atoms with Gasteiger partial charge in [0.05, 0.1) is 6.04 Å². The molecule has 2 nitrogen and oxygen atoms in total. The third kappa shape index (κ3) is 2.22. The average molecular weight is 340 g/mol. The number of rotatable bonds is 2. The number of benzene rings is 1. The van der Waals surface area contributed by atoms with Gasteiger partial charge < -0.3 is 10.2 Å². The molecule has 2 heterocycles. The van der Waals surface area contributed by atoms with Crippen molar-refractivity contribution in [1.29, 1.82) is 0 Å². The summed E-state index contributed by atoms with van der Waals surface area (Å²) in [6.07, 6.45) is 0. The summed E-state index contributed by atoms with van der Waals surface area (Å²) in [6.45, 7) is 1.91. The number of furan rings is 1. The van der Waals surface area contributed by atoms with E-state index in [0.717, 1.165) is 20.3 Å². The molecule has 0 amide bonds. The first-order valence-corrected chi connectivity index (χ1v) is 7.41. The van der Waals surface area contributed by atoms with E-state index >= 15 is 0 Å². The number of halogens is 2. The molecule has 19 heavy (non-hydrogen) atoms. The summed E-state index contributed by atoms with van der Waals surface area (Å²) >= 11 is 4.98. The van der Waals surface area contributed by atoms with Gasteiger partial charge in [-0.1, -0.05) is 0 Å². The zero-order valence-corrected chi connectivity index (χ0v) is 12.5. The first-order chi connectivity index (χ1) is 9.06. The molecule has 0 aliphatic carbocycles. The Morgan fingerprint density at radius 3 is 2.84 bits per heavy atom. The van der Waals surface area contributed by atoms with Crippen molar-refractivity contribution in [3.8, 4) is 0 Å². The van der Waals surface area contributed by atoms with Gasteiger partial charge in [0.25, 0.3) is 0 Å². The molecule has 0 bridgehead atoms. The fourth-order valence-electron chi connectivity index (χ4n) is 2.13. The molecule has 2 N–H and O–H groups in total. The van der Waals surface area contributed by atoms with Gasteiger partial charge in [0.15, 0.2) is 0 Å². The average Bonchev–Trinajstić information content (AvgIpc) is 2.94. The number of aryl methyl sites for hydroxylation is 1. The maximum absolute atomic E-state index is 13.3. The predicted octanol–water partition coefficient (Wildman–Crippen LogP) is 4.75. The molecule has 0 fully saturated rings. The highest BCUT2D eigenvalue weighted by Gasteiger charge is 2.20. The first kappa shape index (κ1) is 12.8. The highest BCUT2D eigenvalue weighted by atomic mass is 79.9. The van der Waals surface area contributed by atoms with E-state index in [1.807, 2.05) is 18.4 Å². The minimum atomic E-state index is -0.327. The smallest absolute Gasteiger partial charge is 0.134 e. The van der Waals surface area contributed by atoms with Gasteiger partial charge in [-0.05, 0) is 47.1 Å². The van der Waals surface area contributed by atoms with E-state index < -0.39 is 0 Å². The van der Waals surface area contributed by atoms with Crippen molar-refractivity contribution >= 4 is 38.2 Å². The Hall–Kier alpha value is -1.17. The number of fused-ring (bicyclic) bond motifs is 1. The van der Waals surface area contributed by atoms with Crippen molar-refractivity contribution in [3.05, 3.63) is 56.1 Å². The zero-order chi connectivity index (χ0) is 13.6. The van der Waals surface area contributed by atoms with E-state index in [1.54, 1.807) is 17.4 Å². The highest BCUT2D eigenvalue weighted by molar-refractivity contribution is 9.10. The summed E-state index contributed by atoms with van der Waals surface area (Å²) < 4.78 is 20.1. The van der Waals surface area contributed by atoms with E-state index in [2.05, 4.69) is 15.9 Å². The van der Waals surface area contributed by atoms with E-state index in [1.165, 1.54) is 12.1 Å². The van der Waals surface area contributed by atoms with Crippen molar-refractivity contribution in [2.24, 2.45) is 5.73 Å². The number of hydrogen-bond acceptors (Lipinski definition) is 3. The SMILES string of the molecule is Cc1c(C(N)c2cc(Br)cs2)oc2ccc(F)cc12. The summed E-state index contributed by atoms with van der Waals surface area (Å²) in [5.74, 6) is 0.422. The van der Waals surface area contributed by atoms with E-state index in [0.29, 0.717) is 11.3 Å². The molecular weight excluding hydrogens is 329 g/mol. The standard InChI is InChI=1S/C14H11BrFNOS/c1-7-10-5-9(16)2-3-11(10)18-14(7)13(17)12-4-8(15)6-19-12/h2-6,13H,17H2,1H3. The maximum Gasteiger partial charge on any atom is 0.134 e. The molecule has 1 atom stereocenters. The van der Waals surface area contributed by atoms with Crippen LogP contribution in [-0.4, -0.2) is 0 Å². The second kappa shape index (κ2) is 4.74. The molecule has 2 aromatic heterocycles. The number of thiophene rings is 1. The van der Waals surface area contributed by atoms with Gasteiger partial charge in [0.2, 0.25) is 0 Å². The third-order valence-corrected chi connectivity index (χ3v) is 4.89. The molecule has 1 aromatic carbocycles. The Morgan fingerprint density at radius 1 is 1.37 bits per heavy atom. The molecule has 0 radical (unpaired) electrons. The summed E-state index contributed by atoms with van der Waals surface area (Å²) in [5, 5.41) is 2.76. The molecule has 0 aliphatic heterocycles. The lowest BCUT2D eigenvalue weighted by Crippen LogP contribution is -2.10. The van der Waals surface area contributed by atoms with Crippen LogP contribution in [0.2, 0.25) is 0 Å². The van der Waals surface area contributed by atoms with Gasteiger partial charge in [-0.3, -0.25) is 0 Å². The highest BCUT2D eigenvalue weighted by Crippen LogP contribution is 2.34. The Balaban J connectivity index is 2.12. The van der Waals surface area contributed by atoms with E-state index in [9.17, 15) is 4.39 Å². The Labute approximate surface area is 122 Å². The molecule has 3 rings (SSSR count). The summed E-state index contributed by atoms with van der Waals surface area (Å²) in [4.78, 5) is 1.01. The van der Waals surface area contributed by atoms with Crippen molar-refractivity contribution in [2.75, 3.05) is 0 Å². The van der Waals surface area contributed by atoms with Gasteiger partial charge >= 0.3 is 0 Å². The molecule has 0 saturated carbocycles. The Bertz CT molecular complexity index is 749. The minimum absolute atomic E-state index is 0.268. The van der Waals surface area contributed by atoms with Crippen LogP contribution in [0.3, 0.4) is 0 Å². The first-order valence-electron chi connectivity index (χ1n) is 5.74. The summed E-state index contributed by atoms with van der Waals surface area (Å²) in [5.41, 5.74) is 7.80. The van der Waals surface area contributed by atoms with Crippen molar-refractivity contribution < 1.29 is 8.81 Å². The quantitative estimate of drug-likeness (QED) is 0.731. The molecular formula is C14H11BrFNOS. The Kier molecular flexibility index (Phi) is 3.20. The molecule has 0 aliphatic rings. The lowest BCUT2D eigenvalue weighted by molar-refractivity contribution is 0.523. The van der Waals surface area contributed by atoms with E-state index in [-0.39, 0.29) is 11.9 Å². The van der Waals surface area contributed by atoms with Gasteiger partial charge in [0.1, 0.15) is 17.2 Å². The predicted molar refractivity (Wildman–Crippen MR) is 79.0 cm³/mol. The number of hydrogen-bond donors (Lipinski definition) is 1. The normalized spacial score (nSPS) is 13.1. The van der Waals surface area contributed by atoms with Crippen LogP contribution in [0.5, 0.6) is 0 Å². The van der Waals surface area contributed by atoms with Crippen LogP contribution in [0.25, 0.3) is 11.0 Å². The zero-order valence-electron chi connectivity index (χ0n) is 10.1. The van der Waals surface area contributed by atoms with Gasteiger partial charge in [-0.2, -0.15) is 0 Å². The van der Waals surface area contributed by atoms with Gasteiger partial charge in [-0.15, -0.1) is 11.3 Å². The second-order valence-corrected chi connectivity index (χ2v) is 6.24. The topological polar surface area (TPSA) is 39.2 Å². The van der Waals surface area contributed by atoms with Crippen LogP contribution >= 0.6 is 27.3 Å². The monoisotopic (exact) mass is 339 g/mol. The fourth-order valence-corrected chi connectivity index (χ4v) is 3.57. The lowest BCUT2D eigenvalue weighted by atomic mass is 10.1. The number of nitrogens with two attached hydrogens (primary N) is 1. The van der Waals surface area contributed by atoms with Crippen LogP contribution in [-0.2, 0) is 0 Å². The van der Waals surface area contributed by atoms with Crippen molar-refractivity contribution in [3.63, 3.8) is 0 Å². The molecule has 3 aromatic rings. The molecule has 5 heteroatoms. The van der Waals surface area contributed by atoms with Crippen molar-refractivity contribution in [2.45, 2.75) is 13.0 Å². The van der Waals surface area contributed by atoms with Crippen molar-refractivity contribution in [1.82, 2.24) is 0 Å². The molecule has 0 saturated heterocycles. The molecule has 1 unspecified atom stereocenters. The van der Waals surface area contributed by atoms with Crippen LogP contribution in [0.15, 0.2) is 38.5 Å². The van der Waals surface area contributed by atoms with Crippen LogP contribution in [0.1, 0.15) is 22.2 Å². The fraction of sp³-hybridized carbons (Fsp3) is 0.143. The van der Waals surface area contributed by atoms with Gasteiger partial charge in [0, 0.05) is 25.7 Å². The van der Waals surface area contributed by atoms with Gasteiger partial charge in [-0.25, -0.2) is 4.39 Å². The van der Waals surface area contributed by atoms with Crippen LogP contribution in [0, 0.1) is 12.7 Å². The minimum Gasteiger partial charge on any atom is -0.459 e. The third-order valence-electron chi connectivity index (χ3n) is 3.11.